The number of phenolic OH excluding ortho intramolecular Hbond substituents is 1. The van der Waals surface area contributed by atoms with Gasteiger partial charge in [-0.05, 0) is 59.9 Å². The fourth-order valence-corrected chi connectivity index (χ4v) is 4.37. The monoisotopic (exact) mass is 519 g/mol. The molecule has 0 bridgehead atoms. The lowest BCUT2D eigenvalue weighted by Gasteiger charge is -2.19. The summed E-state index contributed by atoms with van der Waals surface area (Å²) in [5.74, 6) is -0.0787. The summed E-state index contributed by atoms with van der Waals surface area (Å²) in [6.07, 6.45) is 0.240. The first kappa shape index (κ1) is 26.4. The molecule has 0 fully saturated rings. The fraction of sp³-hybridized carbons (Fsp3) is 0.241. The molecule has 0 saturated heterocycles. The number of halogens is 1. The van der Waals surface area contributed by atoms with Gasteiger partial charge in [0.15, 0.2) is 0 Å². The number of H-pyrrole nitrogens is 1. The minimum Gasteiger partial charge on any atom is -0.506 e. The maximum atomic E-state index is 12.3. The molecule has 37 heavy (non-hydrogen) atoms. The fourth-order valence-electron chi connectivity index (χ4n) is 4.24. The molecule has 1 amide bonds. The predicted octanol–water partition coefficient (Wildman–Crippen LogP) is 4.00. The van der Waals surface area contributed by atoms with Gasteiger partial charge in [0.05, 0.1) is 18.0 Å². The van der Waals surface area contributed by atoms with Gasteiger partial charge in [0.2, 0.25) is 11.5 Å². The largest absolute Gasteiger partial charge is 0.506 e. The second-order valence-corrected chi connectivity index (χ2v) is 9.65. The van der Waals surface area contributed by atoms with Crippen molar-refractivity contribution in [1.82, 2.24) is 15.6 Å². The zero-order valence-electron chi connectivity index (χ0n) is 20.5. The van der Waals surface area contributed by atoms with Crippen molar-refractivity contribution in [2.24, 2.45) is 0 Å². The van der Waals surface area contributed by atoms with Crippen LogP contribution >= 0.6 is 11.6 Å². The number of hydrogen-bond acceptors (Lipinski definition) is 5. The number of carbonyl (C=O) groups is 1. The Morgan fingerprint density at radius 1 is 0.946 bits per heavy atom. The summed E-state index contributed by atoms with van der Waals surface area (Å²) in [6, 6.07) is 21.5. The van der Waals surface area contributed by atoms with Crippen molar-refractivity contribution in [1.29, 1.82) is 0 Å². The number of rotatable bonds is 10. The number of aliphatic hydroxyl groups excluding tert-OH is 1. The van der Waals surface area contributed by atoms with Crippen LogP contribution in [0.4, 0.5) is 0 Å². The van der Waals surface area contributed by atoms with Gasteiger partial charge in [-0.1, -0.05) is 54.1 Å². The smallest absolute Gasteiger partial charge is 0.248 e. The molecule has 2 atom stereocenters. The van der Waals surface area contributed by atoms with Gasteiger partial charge in [0, 0.05) is 35.6 Å². The number of aromatic nitrogens is 1. The highest BCUT2D eigenvalue weighted by molar-refractivity contribution is 6.30. The van der Waals surface area contributed by atoms with Crippen molar-refractivity contribution in [2.45, 2.75) is 38.5 Å². The van der Waals surface area contributed by atoms with Crippen molar-refractivity contribution >= 4 is 28.4 Å². The number of pyridine rings is 1. The molecular weight excluding hydrogens is 490 g/mol. The molecule has 1 heterocycles. The van der Waals surface area contributed by atoms with Gasteiger partial charge in [0.1, 0.15) is 5.75 Å². The Morgan fingerprint density at radius 2 is 1.62 bits per heavy atom. The summed E-state index contributed by atoms with van der Waals surface area (Å²) in [4.78, 5) is 26.5. The Balaban J connectivity index is 1.26. The molecule has 7 nitrogen and oxygen atoms in total. The van der Waals surface area contributed by atoms with E-state index < -0.39 is 6.10 Å². The van der Waals surface area contributed by atoms with Gasteiger partial charge >= 0.3 is 0 Å². The summed E-state index contributed by atoms with van der Waals surface area (Å²) in [5.41, 5.74) is 3.68. The van der Waals surface area contributed by atoms with Crippen LogP contribution in [0.3, 0.4) is 0 Å². The van der Waals surface area contributed by atoms with Crippen LogP contribution in [-0.4, -0.2) is 33.7 Å². The highest BCUT2D eigenvalue weighted by Crippen LogP contribution is 2.28. The molecule has 5 N–H and O–H groups in total. The highest BCUT2D eigenvalue weighted by atomic mass is 35.5. The molecule has 8 heteroatoms. The minimum atomic E-state index is -0.815. The van der Waals surface area contributed by atoms with E-state index in [0.29, 0.717) is 41.0 Å². The van der Waals surface area contributed by atoms with Crippen LogP contribution in [0.1, 0.15) is 35.3 Å². The van der Waals surface area contributed by atoms with E-state index in [1.807, 2.05) is 43.3 Å². The third-order valence-electron chi connectivity index (χ3n) is 6.26. The Labute approximate surface area is 220 Å². The summed E-state index contributed by atoms with van der Waals surface area (Å²) in [6.45, 7) is 2.81. The number of aromatic amines is 1. The average molecular weight is 520 g/mol. The molecule has 4 aromatic rings. The van der Waals surface area contributed by atoms with Gasteiger partial charge in [-0.15, -0.1) is 0 Å². The number of hydrogen-bond donors (Lipinski definition) is 5. The number of amides is 1. The lowest BCUT2D eigenvalue weighted by atomic mass is 10.0. The Morgan fingerprint density at radius 3 is 2.35 bits per heavy atom. The van der Waals surface area contributed by atoms with Crippen molar-refractivity contribution < 1.29 is 15.0 Å². The van der Waals surface area contributed by atoms with E-state index in [1.165, 1.54) is 12.1 Å². The summed E-state index contributed by atoms with van der Waals surface area (Å²) in [5, 5.41) is 28.3. The highest BCUT2D eigenvalue weighted by Gasteiger charge is 2.15. The first-order valence-corrected chi connectivity index (χ1v) is 12.5. The summed E-state index contributed by atoms with van der Waals surface area (Å²) in [7, 11) is 0. The van der Waals surface area contributed by atoms with Crippen LogP contribution in [-0.2, 0) is 24.2 Å². The van der Waals surface area contributed by atoms with E-state index in [2.05, 4.69) is 15.6 Å². The van der Waals surface area contributed by atoms with Crippen LogP contribution in [0, 0.1) is 0 Å². The summed E-state index contributed by atoms with van der Waals surface area (Å²) >= 11 is 5.89. The molecule has 0 radical (unpaired) electrons. The topological polar surface area (TPSA) is 114 Å². The number of aromatic hydroxyl groups is 1. The zero-order valence-corrected chi connectivity index (χ0v) is 21.3. The lowest BCUT2D eigenvalue weighted by Crippen LogP contribution is -2.32. The molecule has 1 unspecified atom stereocenters. The Kier molecular flexibility index (Phi) is 8.61. The summed E-state index contributed by atoms with van der Waals surface area (Å²) < 4.78 is 0. The number of benzene rings is 3. The van der Waals surface area contributed by atoms with Gasteiger partial charge in [-0.25, -0.2) is 0 Å². The zero-order chi connectivity index (χ0) is 26.4. The molecule has 0 aliphatic carbocycles. The van der Waals surface area contributed by atoms with E-state index in [4.69, 9.17) is 11.6 Å². The molecule has 192 valence electrons. The molecule has 0 spiro atoms. The molecular formula is C29H30ClN3O4. The van der Waals surface area contributed by atoms with Crippen LogP contribution < -0.4 is 16.2 Å². The molecule has 0 aliphatic rings. The van der Waals surface area contributed by atoms with E-state index in [1.54, 1.807) is 24.3 Å². The predicted molar refractivity (Wildman–Crippen MR) is 146 cm³/mol. The molecule has 1 aromatic heterocycles. The molecule has 4 rings (SSSR count). The van der Waals surface area contributed by atoms with Crippen molar-refractivity contribution in [3.8, 4) is 5.75 Å². The SMILES string of the molecule is CC(Cc1ccc(CC(=O)NCc2ccc(Cl)cc2)cc1)NC[C@H](O)c1ccc(O)c2[nH]c(=O)ccc12. The number of fused-ring (bicyclic) bond motifs is 1. The van der Waals surface area contributed by atoms with Crippen LogP contribution in [0.25, 0.3) is 10.9 Å². The van der Waals surface area contributed by atoms with E-state index >= 15 is 0 Å². The normalized spacial score (nSPS) is 12.8. The second-order valence-electron chi connectivity index (χ2n) is 9.21. The third kappa shape index (κ3) is 7.20. The average Bonchev–Trinajstić information content (AvgIpc) is 2.88. The van der Waals surface area contributed by atoms with Gasteiger partial charge < -0.3 is 25.8 Å². The van der Waals surface area contributed by atoms with E-state index in [9.17, 15) is 19.8 Å². The van der Waals surface area contributed by atoms with Crippen LogP contribution in [0.5, 0.6) is 5.75 Å². The maximum Gasteiger partial charge on any atom is 0.248 e. The molecule has 3 aromatic carbocycles. The Hall–Kier alpha value is -3.65. The first-order chi connectivity index (χ1) is 17.8. The quantitative estimate of drug-likeness (QED) is 0.217. The second kappa shape index (κ2) is 12.1. The maximum absolute atomic E-state index is 12.3. The van der Waals surface area contributed by atoms with E-state index in [-0.39, 0.29) is 23.3 Å². The lowest BCUT2D eigenvalue weighted by molar-refractivity contribution is -0.120. The first-order valence-electron chi connectivity index (χ1n) is 12.1. The number of carbonyl (C=O) groups excluding carboxylic acids is 1. The van der Waals surface area contributed by atoms with Crippen LogP contribution in [0.15, 0.2) is 77.6 Å². The van der Waals surface area contributed by atoms with Gasteiger partial charge in [-0.2, -0.15) is 0 Å². The van der Waals surface area contributed by atoms with Crippen molar-refractivity contribution in [3.05, 3.63) is 110 Å². The number of phenols is 1. The van der Waals surface area contributed by atoms with Crippen molar-refractivity contribution in [2.75, 3.05) is 6.54 Å². The standard InChI is InChI=1S/C29H30ClN3O4/c1-18(31-17-26(35)23-10-12-25(34)29-24(23)11-13-27(36)33-29)14-19-2-4-20(5-3-19)15-28(37)32-16-21-6-8-22(30)9-7-21/h2-13,18,26,31,34-35H,14-17H2,1H3,(H,32,37)(H,33,36)/t18?,26-/m0/s1. The number of nitrogens with one attached hydrogen (secondary N) is 3. The Bertz CT molecular complexity index is 1420. The van der Waals surface area contributed by atoms with Gasteiger partial charge in [0.25, 0.3) is 0 Å². The van der Waals surface area contributed by atoms with E-state index in [0.717, 1.165) is 23.1 Å². The third-order valence-corrected chi connectivity index (χ3v) is 6.51. The van der Waals surface area contributed by atoms with Crippen LogP contribution in [0.2, 0.25) is 5.02 Å². The number of aliphatic hydroxyl groups is 1. The van der Waals surface area contributed by atoms with Crippen molar-refractivity contribution in [3.63, 3.8) is 0 Å². The minimum absolute atomic E-state index is 0.0348. The molecule has 0 saturated carbocycles. The molecule has 0 aliphatic heterocycles. The van der Waals surface area contributed by atoms with Gasteiger partial charge in [-0.3, -0.25) is 9.59 Å².